The summed E-state index contributed by atoms with van der Waals surface area (Å²) in [7, 11) is 7.28. The summed E-state index contributed by atoms with van der Waals surface area (Å²) in [6.07, 6.45) is 0.0110. The Morgan fingerprint density at radius 2 is 1.88 bits per heavy atom. The normalized spacial score (nSPS) is 18.9. The van der Waals surface area contributed by atoms with Gasteiger partial charge in [-0.1, -0.05) is 0 Å². The Balaban J connectivity index is 1.47. The lowest BCUT2D eigenvalue weighted by atomic mass is 9.93. The molecule has 0 aliphatic heterocycles. The molecule has 0 amide bonds. The van der Waals surface area contributed by atoms with Crippen LogP contribution in [0, 0.1) is 0 Å². The second-order valence-corrected chi connectivity index (χ2v) is 8.80. The van der Waals surface area contributed by atoms with E-state index in [1.807, 2.05) is 48.8 Å². The molecule has 0 radical (unpaired) electrons. The lowest BCUT2D eigenvalue weighted by molar-refractivity contribution is -0.133. The van der Waals surface area contributed by atoms with Crippen LogP contribution < -0.4 is 19.7 Å². The average Bonchev–Trinajstić information content (AvgIpc) is 3.35. The fourth-order valence-corrected chi connectivity index (χ4v) is 4.42. The molecule has 3 aromatic rings. The number of alkyl halides is 3. The highest BCUT2D eigenvalue weighted by Crippen LogP contribution is 2.36. The van der Waals surface area contributed by atoms with E-state index in [-0.39, 0.29) is 18.7 Å². The molecule has 2 aromatic heterocycles. The highest BCUT2D eigenvalue weighted by molar-refractivity contribution is 5.92. The van der Waals surface area contributed by atoms with Crippen molar-refractivity contribution in [1.82, 2.24) is 24.6 Å². The van der Waals surface area contributed by atoms with Crippen molar-refractivity contribution >= 4 is 22.5 Å². The summed E-state index contributed by atoms with van der Waals surface area (Å²) in [5, 5.41) is 7.56. The summed E-state index contributed by atoms with van der Waals surface area (Å²) in [6, 6.07) is 5.90. The number of rotatable bonds is 8. The summed E-state index contributed by atoms with van der Waals surface area (Å²) in [5.41, 5.74) is 2.63. The molecule has 11 heteroatoms. The number of nitrogens with zero attached hydrogens (tertiary/aromatic N) is 5. The van der Waals surface area contributed by atoms with E-state index in [0.717, 1.165) is 48.2 Å². The van der Waals surface area contributed by atoms with Gasteiger partial charge in [-0.15, -0.1) is 0 Å². The number of anilines is 2. The topological polar surface area (TPSA) is 69.4 Å². The van der Waals surface area contributed by atoms with Crippen LogP contribution in [-0.4, -0.2) is 58.4 Å². The molecule has 1 aliphatic carbocycles. The van der Waals surface area contributed by atoms with Gasteiger partial charge in [-0.2, -0.15) is 18.3 Å². The molecule has 0 unspecified atom stereocenters. The summed E-state index contributed by atoms with van der Waals surface area (Å²) in [4.78, 5) is 6.52. The standard InChI is InChI=1S/C23H31F3N6O2/c1-30-14-28-22-18(30)11-17(12-19(22)31(2)20-13-21(33-4)32(3)29-20)34-16-7-5-15(6-8-16)27-10-9-23(24,25)26/h11-16,27H,5-10H2,1-4H3. The smallest absolute Gasteiger partial charge is 0.390 e. The first-order valence-electron chi connectivity index (χ1n) is 11.4. The highest BCUT2D eigenvalue weighted by Gasteiger charge is 2.28. The molecule has 1 aliphatic rings. The zero-order valence-corrected chi connectivity index (χ0v) is 19.9. The third kappa shape index (κ3) is 5.40. The monoisotopic (exact) mass is 480 g/mol. The summed E-state index contributed by atoms with van der Waals surface area (Å²) in [6.45, 7) is -0.0369. The van der Waals surface area contributed by atoms with Crippen molar-refractivity contribution in [2.75, 3.05) is 25.6 Å². The van der Waals surface area contributed by atoms with Crippen molar-refractivity contribution in [2.24, 2.45) is 14.1 Å². The van der Waals surface area contributed by atoms with Crippen molar-refractivity contribution in [1.29, 1.82) is 0 Å². The number of methoxy groups -OCH3 is 1. The molecule has 1 saturated carbocycles. The number of hydrogen-bond donors (Lipinski definition) is 1. The largest absolute Gasteiger partial charge is 0.490 e. The third-order valence-corrected chi connectivity index (χ3v) is 6.34. The Hall–Kier alpha value is -2.95. The molecule has 34 heavy (non-hydrogen) atoms. The number of hydrogen-bond acceptors (Lipinski definition) is 6. The van der Waals surface area contributed by atoms with E-state index in [2.05, 4.69) is 15.4 Å². The van der Waals surface area contributed by atoms with Crippen LogP contribution in [0.1, 0.15) is 32.1 Å². The van der Waals surface area contributed by atoms with E-state index in [1.165, 1.54) is 0 Å². The van der Waals surface area contributed by atoms with Crippen LogP contribution in [0.3, 0.4) is 0 Å². The van der Waals surface area contributed by atoms with Crippen molar-refractivity contribution in [3.8, 4) is 11.6 Å². The Morgan fingerprint density at radius 1 is 1.15 bits per heavy atom. The van der Waals surface area contributed by atoms with E-state index >= 15 is 0 Å². The molecular weight excluding hydrogens is 449 g/mol. The lowest BCUT2D eigenvalue weighted by Gasteiger charge is -2.30. The molecule has 1 fully saturated rings. The number of halogens is 3. The van der Waals surface area contributed by atoms with Gasteiger partial charge in [0.15, 0.2) is 5.82 Å². The summed E-state index contributed by atoms with van der Waals surface area (Å²) in [5.74, 6) is 2.09. The van der Waals surface area contributed by atoms with Gasteiger partial charge in [-0.05, 0) is 25.7 Å². The van der Waals surface area contributed by atoms with Gasteiger partial charge in [0, 0.05) is 51.9 Å². The number of benzene rings is 1. The Morgan fingerprint density at radius 3 is 2.53 bits per heavy atom. The molecule has 186 valence electrons. The number of aromatic nitrogens is 4. The number of nitrogens with one attached hydrogen (secondary N) is 1. The van der Waals surface area contributed by atoms with Crippen LogP contribution in [-0.2, 0) is 14.1 Å². The Kier molecular flexibility index (Phi) is 6.92. The fraction of sp³-hybridized carbons (Fsp3) is 0.565. The minimum Gasteiger partial charge on any atom is -0.490 e. The molecular formula is C23H31F3N6O2. The van der Waals surface area contributed by atoms with Gasteiger partial charge in [0.1, 0.15) is 11.3 Å². The van der Waals surface area contributed by atoms with Crippen molar-refractivity contribution in [3.63, 3.8) is 0 Å². The highest BCUT2D eigenvalue weighted by atomic mass is 19.4. The number of ether oxygens (including phenoxy) is 2. The predicted octanol–water partition coefficient (Wildman–Crippen LogP) is 4.32. The van der Waals surface area contributed by atoms with E-state index in [1.54, 1.807) is 18.1 Å². The van der Waals surface area contributed by atoms with E-state index in [4.69, 9.17) is 9.47 Å². The van der Waals surface area contributed by atoms with Gasteiger partial charge in [0.2, 0.25) is 5.88 Å². The Bertz CT molecular complexity index is 1120. The fourth-order valence-electron chi connectivity index (χ4n) is 4.42. The predicted molar refractivity (Wildman–Crippen MR) is 124 cm³/mol. The lowest BCUT2D eigenvalue weighted by Crippen LogP contribution is -2.37. The quantitative estimate of drug-likeness (QED) is 0.518. The molecule has 0 saturated heterocycles. The molecule has 0 bridgehead atoms. The molecule has 0 spiro atoms. The first-order chi connectivity index (χ1) is 16.1. The van der Waals surface area contributed by atoms with Crippen molar-refractivity contribution < 1.29 is 22.6 Å². The third-order valence-electron chi connectivity index (χ3n) is 6.34. The van der Waals surface area contributed by atoms with Gasteiger partial charge in [-0.3, -0.25) is 0 Å². The minimum absolute atomic E-state index is 0.0134. The van der Waals surface area contributed by atoms with Crippen LogP contribution in [0.5, 0.6) is 11.6 Å². The van der Waals surface area contributed by atoms with E-state index in [0.29, 0.717) is 11.7 Å². The molecule has 2 heterocycles. The van der Waals surface area contributed by atoms with Crippen molar-refractivity contribution in [3.05, 3.63) is 24.5 Å². The van der Waals surface area contributed by atoms with Crippen LogP contribution >= 0.6 is 0 Å². The van der Waals surface area contributed by atoms with E-state index in [9.17, 15) is 13.2 Å². The van der Waals surface area contributed by atoms with Crippen LogP contribution in [0.25, 0.3) is 11.0 Å². The molecule has 1 N–H and O–H groups in total. The number of imidazole rings is 1. The molecule has 8 nitrogen and oxygen atoms in total. The zero-order valence-electron chi connectivity index (χ0n) is 19.9. The SMILES string of the molecule is COc1cc(N(C)c2cc(OC3CCC(NCCC(F)(F)F)CC3)cc3c2ncn3C)nn1C. The number of fused-ring (bicyclic) bond motifs is 1. The van der Waals surface area contributed by atoms with Gasteiger partial charge in [-0.25, -0.2) is 9.67 Å². The van der Waals surface area contributed by atoms with Gasteiger partial charge < -0.3 is 24.3 Å². The minimum atomic E-state index is -4.12. The first kappa shape index (κ1) is 24.2. The van der Waals surface area contributed by atoms with Crippen LogP contribution in [0.15, 0.2) is 24.5 Å². The molecule has 1 aromatic carbocycles. The second-order valence-electron chi connectivity index (χ2n) is 8.80. The summed E-state index contributed by atoms with van der Waals surface area (Å²) < 4.78 is 52.5. The maximum atomic E-state index is 12.4. The van der Waals surface area contributed by atoms with Gasteiger partial charge >= 0.3 is 6.18 Å². The maximum Gasteiger partial charge on any atom is 0.390 e. The van der Waals surface area contributed by atoms with Gasteiger partial charge in [0.25, 0.3) is 0 Å². The van der Waals surface area contributed by atoms with Crippen LogP contribution in [0.4, 0.5) is 24.7 Å². The van der Waals surface area contributed by atoms with E-state index < -0.39 is 12.6 Å². The molecule has 0 atom stereocenters. The Labute approximate surface area is 196 Å². The maximum absolute atomic E-state index is 12.4. The second kappa shape index (κ2) is 9.73. The average molecular weight is 481 g/mol. The zero-order chi connectivity index (χ0) is 24.5. The van der Waals surface area contributed by atoms with Gasteiger partial charge in [0.05, 0.1) is 37.2 Å². The number of aryl methyl sites for hydroxylation is 2. The van der Waals surface area contributed by atoms with Crippen molar-refractivity contribution in [2.45, 2.75) is 50.4 Å². The first-order valence-corrected chi connectivity index (χ1v) is 11.4. The summed E-state index contributed by atoms with van der Waals surface area (Å²) >= 11 is 0. The molecule has 4 rings (SSSR count). The van der Waals surface area contributed by atoms with Crippen LogP contribution in [0.2, 0.25) is 0 Å².